The number of rotatable bonds is 11. The maximum Gasteiger partial charge on any atom is 0.195 e. The molecule has 150 valence electrons. The molecular weight excluding hydrogens is 445 g/mol. The van der Waals surface area contributed by atoms with Crippen LogP contribution in [0.3, 0.4) is 0 Å². The number of benzene rings is 1. The molecule has 0 amide bonds. The monoisotopic (exact) mass is 479 g/mol. The van der Waals surface area contributed by atoms with Gasteiger partial charge in [0, 0.05) is 38.1 Å². The number of hydrogen-bond acceptors (Lipinski definition) is 4. The lowest BCUT2D eigenvalue weighted by molar-refractivity contribution is 0.109. The molecular formula is C19H34IN3O3. The number of ether oxygens (including phenoxy) is 3. The highest BCUT2D eigenvalue weighted by Crippen LogP contribution is 2.30. The van der Waals surface area contributed by atoms with Crippen LogP contribution in [0.25, 0.3) is 0 Å². The number of methoxy groups -OCH3 is 1. The van der Waals surface area contributed by atoms with Gasteiger partial charge in [0.25, 0.3) is 0 Å². The summed E-state index contributed by atoms with van der Waals surface area (Å²) in [4.78, 5) is 4.58. The third-order valence-corrected chi connectivity index (χ3v) is 3.24. The van der Waals surface area contributed by atoms with Crippen molar-refractivity contribution in [2.75, 3.05) is 45.3 Å². The molecule has 0 aromatic heterocycles. The second kappa shape index (κ2) is 14.9. The first kappa shape index (κ1) is 24.8. The van der Waals surface area contributed by atoms with Crippen molar-refractivity contribution in [3.05, 3.63) is 18.2 Å². The van der Waals surface area contributed by atoms with E-state index in [0.717, 1.165) is 43.6 Å². The summed E-state index contributed by atoms with van der Waals surface area (Å²) in [6.45, 7) is 11.9. The van der Waals surface area contributed by atoms with Crippen molar-refractivity contribution >= 4 is 35.6 Å². The topological polar surface area (TPSA) is 64.1 Å². The van der Waals surface area contributed by atoms with Crippen LogP contribution in [0.5, 0.6) is 11.5 Å². The van der Waals surface area contributed by atoms with E-state index in [1.807, 2.05) is 32.0 Å². The first-order valence-electron chi connectivity index (χ1n) is 9.04. The van der Waals surface area contributed by atoms with Gasteiger partial charge in [0.1, 0.15) is 0 Å². The molecule has 0 fully saturated rings. The Labute approximate surface area is 175 Å². The summed E-state index contributed by atoms with van der Waals surface area (Å²) in [5.41, 5.74) is 0.899. The van der Waals surface area contributed by atoms with E-state index < -0.39 is 0 Å². The highest BCUT2D eigenvalue weighted by atomic mass is 127. The van der Waals surface area contributed by atoms with Gasteiger partial charge >= 0.3 is 0 Å². The average Bonchev–Trinajstić information content (AvgIpc) is 2.59. The van der Waals surface area contributed by atoms with Crippen LogP contribution in [0.1, 0.15) is 34.1 Å². The van der Waals surface area contributed by atoms with Crippen LogP contribution in [0, 0.1) is 5.92 Å². The minimum atomic E-state index is 0. The molecule has 0 aliphatic carbocycles. The van der Waals surface area contributed by atoms with E-state index >= 15 is 0 Å². The summed E-state index contributed by atoms with van der Waals surface area (Å²) in [5.74, 6) is 2.75. The molecule has 0 bridgehead atoms. The average molecular weight is 479 g/mol. The fourth-order valence-corrected chi connectivity index (χ4v) is 2.14. The van der Waals surface area contributed by atoms with Gasteiger partial charge in [0.2, 0.25) is 0 Å². The third-order valence-electron chi connectivity index (χ3n) is 3.24. The molecule has 0 spiro atoms. The molecule has 1 aromatic rings. The van der Waals surface area contributed by atoms with Crippen molar-refractivity contribution in [2.45, 2.75) is 34.1 Å². The Morgan fingerprint density at radius 1 is 1.19 bits per heavy atom. The molecule has 2 N–H and O–H groups in total. The zero-order valence-corrected chi connectivity index (χ0v) is 19.0. The molecule has 0 unspecified atom stereocenters. The summed E-state index contributed by atoms with van der Waals surface area (Å²) in [6, 6.07) is 5.75. The van der Waals surface area contributed by atoms with E-state index in [-0.39, 0.29) is 24.0 Å². The standard InChI is InChI=1S/C19H33N3O3.HI/c1-6-20-19(21-11-8-12-24-14-15(3)4)22-16-9-10-17(25-7-2)18(13-16)23-5;/h9-10,13,15H,6-8,11-12,14H2,1-5H3,(H2,20,21,22);1H. The van der Waals surface area contributed by atoms with E-state index in [4.69, 9.17) is 14.2 Å². The molecule has 0 aliphatic heterocycles. The van der Waals surface area contributed by atoms with Crippen LogP contribution < -0.4 is 20.1 Å². The maximum absolute atomic E-state index is 5.58. The Balaban J connectivity index is 0.00000625. The Morgan fingerprint density at radius 3 is 2.58 bits per heavy atom. The van der Waals surface area contributed by atoms with Crippen LogP contribution in [0.4, 0.5) is 5.69 Å². The van der Waals surface area contributed by atoms with Gasteiger partial charge in [-0.25, -0.2) is 0 Å². The van der Waals surface area contributed by atoms with Gasteiger partial charge in [0.15, 0.2) is 17.5 Å². The Bertz CT molecular complexity index is 525. The molecule has 1 rings (SSSR count). The maximum atomic E-state index is 5.58. The van der Waals surface area contributed by atoms with Gasteiger partial charge in [-0.1, -0.05) is 13.8 Å². The highest BCUT2D eigenvalue weighted by Gasteiger charge is 2.06. The Morgan fingerprint density at radius 2 is 1.96 bits per heavy atom. The molecule has 26 heavy (non-hydrogen) atoms. The van der Waals surface area contributed by atoms with E-state index in [1.54, 1.807) is 7.11 Å². The number of nitrogens with one attached hydrogen (secondary N) is 2. The molecule has 7 heteroatoms. The minimum Gasteiger partial charge on any atom is -0.493 e. The largest absolute Gasteiger partial charge is 0.493 e. The molecule has 0 aliphatic rings. The normalized spacial score (nSPS) is 11.1. The Hall–Kier alpha value is -1.22. The first-order valence-corrected chi connectivity index (χ1v) is 9.04. The second-order valence-electron chi connectivity index (χ2n) is 6.01. The van der Waals surface area contributed by atoms with Crippen LogP contribution in [0.15, 0.2) is 23.2 Å². The van der Waals surface area contributed by atoms with Crippen LogP contribution in [-0.4, -0.2) is 46.0 Å². The predicted octanol–water partition coefficient (Wildman–Crippen LogP) is 4.15. The molecule has 0 radical (unpaired) electrons. The van der Waals surface area contributed by atoms with Crippen molar-refractivity contribution < 1.29 is 14.2 Å². The smallest absolute Gasteiger partial charge is 0.195 e. The summed E-state index contributed by atoms with van der Waals surface area (Å²) in [6.07, 6.45) is 0.899. The van der Waals surface area contributed by atoms with E-state index in [1.165, 1.54) is 0 Å². The highest BCUT2D eigenvalue weighted by molar-refractivity contribution is 14.0. The summed E-state index contributed by atoms with van der Waals surface area (Å²) in [7, 11) is 1.64. The molecule has 0 saturated carbocycles. The zero-order valence-electron chi connectivity index (χ0n) is 16.6. The minimum absolute atomic E-state index is 0. The fourth-order valence-electron chi connectivity index (χ4n) is 2.14. The van der Waals surface area contributed by atoms with Crippen molar-refractivity contribution in [1.29, 1.82) is 0 Å². The number of guanidine groups is 1. The second-order valence-corrected chi connectivity index (χ2v) is 6.01. The van der Waals surface area contributed by atoms with E-state index in [2.05, 4.69) is 29.5 Å². The van der Waals surface area contributed by atoms with Gasteiger partial charge in [-0.15, -0.1) is 24.0 Å². The predicted molar refractivity (Wildman–Crippen MR) is 119 cm³/mol. The summed E-state index contributed by atoms with van der Waals surface area (Å²) in [5, 5.41) is 6.54. The van der Waals surface area contributed by atoms with Gasteiger partial charge < -0.3 is 24.8 Å². The van der Waals surface area contributed by atoms with Gasteiger partial charge in [-0.2, -0.15) is 0 Å². The molecule has 1 aromatic carbocycles. The molecule has 0 saturated heterocycles. The number of nitrogens with zero attached hydrogens (tertiary/aromatic N) is 1. The number of anilines is 1. The number of halogens is 1. The third kappa shape index (κ3) is 10.1. The summed E-state index contributed by atoms with van der Waals surface area (Å²) >= 11 is 0. The van der Waals surface area contributed by atoms with Crippen molar-refractivity contribution in [3.63, 3.8) is 0 Å². The molecule has 6 nitrogen and oxygen atoms in total. The summed E-state index contributed by atoms with van der Waals surface area (Å²) < 4.78 is 16.5. The lowest BCUT2D eigenvalue weighted by atomic mass is 10.2. The van der Waals surface area contributed by atoms with E-state index in [9.17, 15) is 0 Å². The number of aliphatic imine (C=N–C) groups is 1. The van der Waals surface area contributed by atoms with Crippen LogP contribution in [-0.2, 0) is 4.74 Å². The van der Waals surface area contributed by atoms with Crippen molar-refractivity contribution in [2.24, 2.45) is 10.9 Å². The molecule has 0 heterocycles. The Kier molecular flexibility index (Phi) is 14.2. The first-order chi connectivity index (χ1) is 12.1. The van der Waals surface area contributed by atoms with Gasteiger partial charge in [-0.3, -0.25) is 4.99 Å². The fraction of sp³-hybridized carbons (Fsp3) is 0.632. The SMILES string of the molecule is CCNC(=NCCCOCC(C)C)Nc1ccc(OCC)c(OC)c1.I. The van der Waals surface area contributed by atoms with Crippen molar-refractivity contribution in [1.82, 2.24) is 5.32 Å². The van der Waals surface area contributed by atoms with Crippen molar-refractivity contribution in [3.8, 4) is 11.5 Å². The lowest BCUT2D eigenvalue weighted by Gasteiger charge is -2.14. The van der Waals surface area contributed by atoms with Crippen LogP contribution in [0.2, 0.25) is 0 Å². The zero-order chi connectivity index (χ0) is 18.5. The van der Waals surface area contributed by atoms with Crippen LogP contribution >= 0.6 is 24.0 Å². The van der Waals surface area contributed by atoms with Gasteiger partial charge in [0.05, 0.1) is 13.7 Å². The van der Waals surface area contributed by atoms with Gasteiger partial charge in [-0.05, 0) is 38.3 Å². The number of hydrogen-bond donors (Lipinski definition) is 2. The molecule has 0 atom stereocenters. The lowest BCUT2D eigenvalue weighted by Crippen LogP contribution is -2.30. The van der Waals surface area contributed by atoms with E-state index in [0.29, 0.717) is 24.8 Å². The quantitative estimate of drug-likeness (QED) is 0.216.